The topological polar surface area (TPSA) is 43.6 Å². The summed E-state index contributed by atoms with van der Waals surface area (Å²) in [4.78, 5) is 8.10. The van der Waals surface area contributed by atoms with Crippen molar-refractivity contribution < 1.29 is 0 Å². The third-order valence-corrected chi connectivity index (χ3v) is 2.49. The second kappa shape index (κ2) is 3.70. The SMILES string of the molecule is Cn1nc(-c2ccncn2)cc1C(C)(C)C. The summed E-state index contributed by atoms with van der Waals surface area (Å²) in [5.41, 5.74) is 3.05. The molecule has 0 aliphatic carbocycles. The molecule has 0 radical (unpaired) electrons. The highest BCUT2D eigenvalue weighted by atomic mass is 15.3. The summed E-state index contributed by atoms with van der Waals surface area (Å²) in [5, 5.41) is 4.47. The van der Waals surface area contributed by atoms with Crippen molar-refractivity contribution in [2.75, 3.05) is 0 Å². The summed E-state index contributed by atoms with van der Waals surface area (Å²) >= 11 is 0. The molecule has 2 heterocycles. The van der Waals surface area contributed by atoms with Crippen LogP contribution in [-0.2, 0) is 12.5 Å². The molecule has 0 amide bonds. The van der Waals surface area contributed by atoms with Crippen LogP contribution in [-0.4, -0.2) is 19.7 Å². The number of rotatable bonds is 1. The first kappa shape index (κ1) is 10.8. The van der Waals surface area contributed by atoms with E-state index in [0.29, 0.717) is 0 Å². The quantitative estimate of drug-likeness (QED) is 0.733. The molecule has 0 saturated heterocycles. The van der Waals surface area contributed by atoms with Gasteiger partial charge in [-0.2, -0.15) is 5.10 Å². The van der Waals surface area contributed by atoms with E-state index in [1.54, 1.807) is 12.5 Å². The van der Waals surface area contributed by atoms with Crippen molar-refractivity contribution in [1.29, 1.82) is 0 Å². The summed E-state index contributed by atoms with van der Waals surface area (Å²) in [6.07, 6.45) is 3.27. The minimum absolute atomic E-state index is 0.0903. The molecule has 0 N–H and O–H groups in total. The van der Waals surface area contributed by atoms with E-state index in [1.165, 1.54) is 5.69 Å². The molecular weight excluding hydrogens is 200 g/mol. The number of aryl methyl sites for hydroxylation is 1. The number of nitrogens with zero attached hydrogens (tertiary/aromatic N) is 4. The third-order valence-electron chi connectivity index (χ3n) is 2.49. The molecule has 0 aliphatic rings. The van der Waals surface area contributed by atoms with Gasteiger partial charge in [0, 0.05) is 24.4 Å². The van der Waals surface area contributed by atoms with Crippen molar-refractivity contribution in [2.45, 2.75) is 26.2 Å². The first-order chi connectivity index (χ1) is 7.48. The standard InChI is InChI=1S/C12H16N4/c1-12(2,3)11-7-10(15-16(11)4)9-5-6-13-8-14-9/h5-8H,1-4H3. The zero-order valence-electron chi connectivity index (χ0n) is 10.1. The van der Waals surface area contributed by atoms with Crippen LogP contribution in [0.2, 0.25) is 0 Å². The van der Waals surface area contributed by atoms with Crippen LogP contribution in [0.1, 0.15) is 26.5 Å². The van der Waals surface area contributed by atoms with Gasteiger partial charge in [-0.15, -0.1) is 0 Å². The van der Waals surface area contributed by atoms with Gasteiger partial charge in [0.15, 0.2) is 0 Å². The van der Waals surface area contributed by atoms with Gasteiger partial charge in [0.05, 0.1) is 5.69 Å². The third kappa shape index (κ3) is 1.96. The fourth-order valence-electron chi connectivity index (χ4n) is 1.74. The lowest BCUT2D eigenvalue weighted by molar-refractivity contribution is 0.523. The zero-order valence-corrected chi connectivity index (χ0v) is 10.1. The molecule has 0 spiro atoms. The normalized spacial score (nSPS) is 11.8. The van der Waals surface area contributed by atoms with Crippen LogP contribution < -0.4 is 0 Å². The molecule has 2 aromatic rings. The Balaban J connectivity index is 2.47. The summed E-state index contributed by atoms with van der Waals surface area (Å²) in [5.74, 6) is 0. The monoisotopic (exact) mass is 216 g/mol. The molecule has 4 heteroatoms. The Morgan fingerprint density at radius 3 is 2.44 bits per heavy atom. The molecule has 0 fully saturated rings. The Labute approximate surface area is 95.4 Å². The molecule has 0 saturated carbocycles. The van der Waals surface area contributed by atoms with Crippen LogP contribution >= 0.6 is 0 Å². The van der Waals surface area contributed by atoms with Crippen LogP contribution in [0.15, 0.2) is 24.7 Å². The highest BCUT2D eigenvalue weighted by Crippen LogP contribution is 2.25. The fraction of sp³-hybridized carbons (Fsp3) is 0.417. The van der Waals surface area contributed by atoms with Crippen molar-refractivity contribution in [2.24, 2.45) is 7.05 Å². The fourth-order valence-corrected chi connectivity index (χ4v) is 1.74. The number of hydrogen-bond acceptors (Lipinski definition) is 3. The smallest absolute Gasteiger partial charge is 0.116 e. The molecule has 0 bridgehead atoms. The first-order valence-electron chi connectivity index (χ1n) is 5.29. The average Bonchev–Trinajstić information content (AvgIpc) is 2.61. The van der Waals surface area contributed by atoms with Crippen molar-refractivity contribution >= 4 is 0 Å². The first-order valence-corrected chi connectivity index (χ1v) is 5.29. The highest BCUT2D eigenvalue weighted by molar-refractivity contribution is 5.54. The molecule has 2 aromatic heterocycles. The van der Waals surface area contributed by atoms with Gasteiger partial charge in [0.1, 0.15) is 12.0 Å². The summed E-state index contributed by atoms with van der Waals surface area (Å²) in [7, 11) is 1.96. The van der Waals surface area contributed by atoms with Gasteiger partial charge < -0.3 is 0 Å². The van der Waals surface area contributed by atoms with Gasteiger partial charge >= 0.3 is 0 Å². The Morgan fingerprint density at radius 1 is 1.19 bits per heavy atom. The van der Waals surface area contributed by atoms with E-state index in [1.807, 2.05) is 17.8 Å². The molecule has 0 aromatic carbocycles. The minimum Gasteiger partial charge on any atom is -0.271 e. The predicted octanol–water partition coefficient (Wildman–Crippen LogP) is 2.17. The van der Waals surface area contributed by atoms with E-state index in [-0.39, 0.29) is 5.41 Å². The van der Waals surface area contributed by atoms with Gasteiger partial charge in [-0.1, -0.05) is 20.8 Å². The molecular formula is C12H16N4. The lowest BCUT2D eigenvalue weighted by atomic mass is 9.92. The van der Waals surface area contributed by atoms with Gasteiger partial charge in [-0.3, -0.25) is 4.68 Å². The minimum atomic E-state index is 0.0903. The zero-order chi connectivity index (χ0) is 11.8. The molecule has 16 heavy (non-hydrogen) atoms. The maximum absolute atomic E-state index is 4.47. The second-order valence-corrected chi connectivity index (χ2v) is 4.88. The van der Waals surface area contributed by atoms with E-state index < -0.39 is 0 Å². The van der Waals surface area contributed by atoms with Crippen molar-refractivity contribution in [3.63, 3.8) is 0 Å². The van der Waals surface area contributed by atoms with Gasteiger partial charge in [-0.25, -0.2) is 9.97 Å². The largest absolute Gasteiger partial charge is 0.271 e. The Hall–Kier alpha value is -1.71. The molecule has 0 aliphatic heterocycles. The summed E-state index contributed by atoms with van der Waals surface area (Å²) in [6, 6.07) is 3.96. The lowest BCUT2D eigenvalue weighted by Gasteiger charge is -2.17. The van der Waals surface area contributed by atoms with Gasteiger partial charge in [0.2, 0.25) is 0 Å². The lowest BCUT2D eigenvalue weighted by Crippen LogP contribution is -2.16. The highest BCUT2D eigenvalue weighted by Gasteiger charge is 2.19. The molecule has 4 nitrogen and oxygen atoms in total. The Morgan fingerprint density at radius 2 is 1.94 bits per heavy atom. The van der Waals surface area contributed by atoms with Gasteiger partial charge in [0.25, 0.3) is 0 Å². The van der Waals surface area contributed by atoms with E-state index in [0.717, 1.165) is 11.4 Å². The average molecular weight is 216 g/mol. The number of hydrogen-bond donors (Lipinski definition) is 0. The van der Waals surface area contributed by atoms with E-state index in [2.05, 4.69) is 41.9 Å². The van der Waals surface area contributed by atoms with Crippen molar-refractivity contribution in [3.8, 4) is 11.4 Å². The maximum atomic E-state index is 4.47. The Bertz CT molecular complexity index is 479. The van der Waals surface area contributed by atoms with Crippen LogP contribution in [0.3, 0.4) is 0 Å². The number of aromatic nitrogens is 4. The predicted molar refractivity (Wildman–Crippen MR) is 62.9 cm³/mol. The molecule has 0 atom stereocenters. The molecule has 2 rings (SSSR count). The molecule has 0 unspecified atom stereocenters. The van der Waals surface area contributed by atoms with Crippen molar-refractivity contribution in [1.82, 2.24) is 19.7 Å². The molecule has 84 valence electrons. The van der Waals surface area contributed by atoms with Crippen LogP contribution in [0.5, 0.6) is 0 Å². The van der Waals surface area contributed by atoms with E-state index in [9.17, 15) is 0 Å². The van der Waals surface area contributed by atoms with E-state index in [4.69, 9.17) is 0 Å². The second-order valence-electron chi connectivity index (χ2n) is 4.88. The summed E-state index contributed by atoms with van der Waals surface area (Å²) < 4.78 is 1.91. The summed E-state index contributed by atoms with van der Waals surface area (Å²) in [6.45, 7) is 6.52. The van der Waals surface area contributed by atoms with E-state index >= 15 is 0 Å². The van der Waals surface area contributed by atoms with Crippen LogP contribution in [0.25, 0.3) is 11.4 Å². The van der Waals surface area contributed by atoms with Crippen molar-refractivity contribution in [3.05, 3.63) is 30.4 Å². The van der Waals surface area contributed by atoms with Crippen LogP contribution in [0.4, 0.5) is 0 Å². The Kier molecular flexibility index (Phi) is 2.50. The maximum Gasteiger partial charge on any atom is 0.116 e. The van der Waals surface area contributed by atoms with Crippen LogP contribution in [0, 0.1) is 0 Å². The van der Waals surface area contributed by atoms with Gasteiger partial charge in [-0.05, 0) is 12.1 Å².